The maximum atomic E-state index is 13.4. The van der Waals surface area contributed by atoms with E-state index in [-0.39, 0.29) is 11.8 Å². The van der Waals surface area contributed by atoms with E-state index in [0.29, 0.717) is 23.7 Å². The first kappa shape index (κ1) is 20.4. The molecule has 152 valence electrons. The van der Waals surface area contributed by atoms with Crippen molar-refractivity contribution in [3.8, 4) is 5.75 Å². The number of benzene rings is 2. The van der Waals surface area contributed by atoms with E-state index in [2.05, 4.69) is 20.6 Å². The summed E-state index contributed by atoms with van der Waals surface area (Å²) in [4.78, 5) is 7.86. The molecule has 0 saturated carbocycles. The van der Waals surface area contributed by atoms with Gasteiger partial charge in [-0.25, -0.2) is 4.98 Å². The summed E-state index contributed by atoms with van der Waals surface area (Å²) in [6.07, 6.45) is -2.96. The van der Waals surface area contributed by atoms with Crippen molar-refractivity contribution in [2.75, 3.05) is 17.2 Å². The van der Waals surface area contributed by atoms with Crippen LogP contribution in [0.1, 0.15) is 25.0 Å². The smallest absolute Gasteiger partial charge is 0.421 e. The van der Waals surface area contributed by atoms with Crippen molar-refractivity contribution >= 4 is 23.1 Å². The zero-order valence-electron chi connectivity index (χ0n) is 16.0. The highest BCUT2D eigenvalue weighted by atomic mass is 19.4. The Bertz CT molecular complexity index is 942. The van der Waals surface area contributed by atoms with Gasteiger partial charge >= 0.3 is 6.18 Å². The number of nitrogens with one attached hydrogen (secondary N) is 2. The number of aromatic nitrogens is 2. The Balaban J connectivity index is 1.86. The van der Waals surface area contributed by atoms with Gasteiger partial charge in [-0.05, 0) is 55.3 Å². The molecule has 2 N–H and O–H groups in total. The normalized spacial score (nSPS) is 11.2. The number of ether oxygens (including phenoxy) is 1. The van der Waals surface area contributed by atoms with E-state index in [1.807, 2.05) is 26.0 Å². The van der Waals surface area contributed by atoms with Crippen molar-refractivity contribution in [2.45, 2.75) is 26.4 Å². The molecule has 0 aliphatic carbocycles. The summed E-state index contributed by atoms with van der Waals surface area (Å²) >= 11 is 0. The predicted octanol–water partition coefficient (Wildman–Crippen LogP) is 5.94. The monoisotopic (exact) mass is 402 g/mol. The highest BCUT2D eigenvalue weighted by Gasteiger charge is 2.35. The number of alkyl halides is 3. The minimum atomic E-state index is -4.58. The quantitative estimate of drug-likeness (QED) is 0.512. The summed E-state index contributed by atoms with van der Waals surface area (Å²) in [5.74, 6) is 0.435. The van der Waals surface area contributed by atoms with Crippen LogP contribution >= 0.6 is 0 Å². The van der Waals surface area contributed by atoms with Crippen molar-refractivity contribution in [1.29, 1.82) is 0 Å². The lowest BCUT2D eigenvalue weighted by Crippen LogP contribution is -2.12. The Kier molecular flexibility index (Phi) is 6.21. The van der Waals surface area contributed by atoms with Crippen molar-refractivity contribution < 1.29 is 17.9 Å². The van der Waals surface area contributed by atoms with Crippen LogP contribution in [0.2, 0.25) is 0 Å². The fourth-order valence-electron chi connectivity index (χ4n) is 2.64. The third-order valence-corrected chi connectivity index (χ3v) is 4.14. The lowest BCUT2D eigenvalue weighted by atomic mass is 10.1. The van der Waals surface area contributed by atoms with Crippen molar-refractivity contribution in [2.24, 2.45) is 0 Å². The topological polar surface area (TPSA) is 59.1 Å². The molecule has 0 bridgehead atoms. The van der Waals surface area contributed by atoms with Crippen LogP contribution in [0.3, 0.4) is 0 Å². The summed E-state index contributed by atoms with van der Waals surface area (Å²) in [5, 5.41) is 5.66. The summed E-state index contributed by atoms with van der Waals surface area (Å²) in [6.45, 7) is 4.43. The first-order chi connectivity index (χ1) is 13.9. The van der Waals surface area contributed by atoms with Gasteiger partial charge in [0.2, 0.25) is 5.95 Å². The number of hydrogen-bond donors (Lipinski definition) is 2. The van der Waals surface area contributed by atoms with Gasteiger partial charge in [0.25, 0.3) is 0 Å². The number of hydrogen-bond acceptors (Lipinski definition) is 5. The Morgan fingerprint density at radius 2 is 1.52 bits per heavy atom. The fourth-order valence-corrected chi connectivity index (χ4v) is 2.64. The fraction of sp³-hybridized carbons (Fsp3) is 0.238. The zero-order chi connectivity index (χ0) is 20.9. The van der Waals surface area contributed by atoms with Gasteiger partial charge in [0.15, 0.2) is 0 Å². The van der Waals surface area contributed by atoms with E-state index in [1.165, 1.54) is 0 Å². The molecule has 1 aromatic heterocycles. The second-order valence-corrected chi connectivity index (χ2v) is 6.21. The van der Waals surface area contributed by atoms with E-state index < -0.39 is 11.7 Å². The largest absolute Gasteiger partial charge is 0.494 e. The molecule has 0 unspecified atom stereocenters. The summed E-state index contributed by atoms with van der Waals surface area (Å²) in [7, 11) is 0. The average Bonchev–Trinajstić information content (AvgIpc) is 2.69. The minimum absolute atomic E-state index is 0.0508. The van der Waals surface area contributed by atoms with Gasteiger partial charge in [-0.3, -0.25) is 0 Å². The Hall–Kier alpha value is -3.29. The number of nitrogens with zero attached hydrogens (tertiary/aromatic N) is 2. The van der Waals surface area contributed by atoms with Gasteiger partial charge in [0, 0.05) is 17.6 Å². The van der Waals surface area contributed by atoms with Gasteiger partial charge in [-0.1, -0.05) is 19.1 Å². The van der Waals surface area contributed by atoms with Gasteiger partial charge in [-0.15, -0.1) is 0 Å². The first-order valence-corrected chi connectivity index (χ1v) is 9.19. The molecule has 8 heteroatoms. The third-order valence-electron chi connectivity index (χ3n) is 4.14. The highest BCUT2D eigenvalue weighted by molar-refractivity contribution is 5.63. The molecule has 0 aliphatic heterocycles. The molecular weight excluding hydrogens is 381 g/mol. The van der Waals surface area contributed by atoms with Gasteiger partial charge < -0.3 is 15.4 Å². The van der Waals surface area contributed by atoms with Crippen LogP contribution in [0.15, 0.2) is 54.7 Å². The van der Waals surface area contributed by atoms with E-state index in [1.54, 1.807) is 36.4 Å². The van der Waals surface area contributed by atoms with Crippen LogP contribution in [0.25, 0.3) is 0 Å². The maximum Gasteiger partial charge on any atom is 0.421 e. The molecule has 1 heterocycles. The maximum absolute atomic E-state index is 13.4. The second-order valence-electron chi connectivity index (χ2n) is 6.21. The third kappa shape index (κ3) is 5.37. The molecule has 0 saturated heterocycles. The molecule has 3 aromatic rings. The first-order valence-electron chi connectivity index (χ1n) is 9.19. The summed E-state index contributed by atoms with van der Waals surface area (Å²) in [6, 6.07) is 14.1. The van der Waals surface area contributed by atoms with Crippen LogP contribution in [-0.4, -0.2) is 16.6 Å². The van der Waals surface area contributed by atoms with Crippen molar-refractivity contribution in [3.63, 3.8) is 0 Å². The number of rotatable bonds is 7. The van der Waals surface area contributed by atoms with E-state index >= 15 is 0 Å². The average molecular weight is 402 g/mol. The standard InChI is InChI=1S/C21H21F3N4O/c1-3-14-5-7-15(8-6-14)26-19-18(21(22,23)24)13-25-20(28-19)27-16-9-11-17(12-10-16)29-4-2/h5-13H,3-4H2,1-2H3,(H2,25,26,27,28). The van der Waals surface area contributed by atoms with Gasteiger partial charge in [0.1, 0.15) is 17.1 Å². The second kappa shape index (κ2) is 8.81. The molecule has 0 aliphatic rings. The summed E-state index contributed by atoms with van der Waals surface area (Å²) < 4.78 is 45.5. The molecule has 0 amide bonds. The number of anilines is 4. The molecule has 0 spiro atoms. The lowest BCUT2D eigenvalue weighted by Gasteiger charge is -2.15. The Morgan fingerprint density at radius 3 is 2.10 bits per heavy atom. The van der Waals surface area contributed by atoms with Gasteiger partial charge in [-0.2, -0.15) is 18.2 Å². The van der Waals surface area contributed by atoms with Crippen LogP contribution in [0.5, 0.6) is 5.75 Å². The SMILES string of the molecule is CCOc1ccc(Nc2ncc(C(F)(F)F)c(Nc3ccc(CC)cc3)n2)cc1. The predicted molar refractivity (Wildman–Crippen MR) is 107 cm³/mol. The molecule has 0 fully saturated rings. The van der Waals surface area contributed by atoms with Gasteiger partial charge in [0.05, 0.1) is 6.61 Å². The molecule has 5 nitrogen and oxygen atoms in total. The number of halogens is 3. The molecule has 29 heavy (non-hydrogen) atoms. The van der Waals surface area contributed by atoms with Crippen molar-refractivity contribution in [1.82, 2.24) is 9.97 Å². The van der Waals surface area contributed by atoms with Crippen molar-refractivity contribution in [3.05, 3.63) is 65.9 Å². The molecule has 2 aromatic carbocycles. The highest BCUT2D eigenvalue weighted by Crippen LogP contribution is 2.35. The van der Waals surface area contributed by atoms with Crippen LogP contribution in [-0.2, 0) is 12.6 Å². The molecule has 0 atom stereocenters. The van der Waals surface area contributed by atoms with E-state index in [4.69, 9.17) is 4.74 Å². The minimum Gasteiger partial charge on any atom is -0.494 e. The zero-order valence-corrected chi connectivity index (χ0v) is 16.0. The number of aryl methyl sites for hydroxylation is 1. The lowest BCUT2D eigenvalue weighted by molar-refractivity contribution is -0.137. The Labute approximate surface area is 167 Å². The summed E-state index contributed by atoms with van der Waals surface area (Å²) in [5.41, 5.74) is 1.30. The van der Waals surface area contributed by atoms with Crippen LogP contribution < -0.4 is 15.4 Å². The Morgan fingerprint density at radius 1 is 0.897 bits per heavy atom. The van der Waals surface area contributed by atoms with Crippen LogP contribution in [0, 0.1) is 0 Å². The molecular formula is C21H21F3N4O. The molecule has 3 rings (SSSR count). The molecule has 0 radical (unpaired) electrons. The van der Waals surface area contributed by atoms with Crippen LogP contribution in [0.4, 0.5) is 36.3 Å². The van der Waals surface area contributed by atoms with E-state index in [9.17, 15) is 13.2 Å². The van der Waals surface area contributed by atoms with E-state index in [0.717, 1.165) is 18.2 Å².